The third kappa shape index (κ3) is 35.0. The van der Waals surface area contributed by atoms with Crippen LogP contribution in [-0.4, -0.2) is 320 Å². The highest BCUT2D eigenvalue weighted by atomic mass is 16.7. The van der Waals surface area contributed by atoms with Crippen molar-refractivity contribution in [2.24, 2.45) is 5.92 Å². The van der Waals surface area contributed by atoms with Crippen LogP contribution in [0.4, 0.5) is 0 Å². The Kier molecular flexibility index (Phi) is 50.6. The summed E-state index contributed by atoms with van der Waals surface area (Å²) in [6.07, 6.45) is 1.40. The molecule has 6 rings (SSSR count). The standard InChI is InChI=1S/C85H154O31/c1-53(89)36-28-26-34-41-58(110-85-81(106-5)76(101)70(95)64(51-88)115-85)40-31-23-19-15-12-9-13-17-21-25-33-43-60-48-66(91)107-52-65-71(96)73(98)78(103)83(116-65)111-59(47-56(90)44-45-61-68(93)72(97)77(102)82(112-60)113-61)42-32-24-20-16-11-8-6-7-10-14-18-22-30-38-57(109-62-46-55(49-86)67(92)74(99)79(62)104-3)39-35-27-29-37-54(2)108-84-80(105-4)75(100)69(94)63(50-87)114-84/h54-55,57-65,67-88,92-103H,6-52H2,1-5H3/t54-,55+,57+,58+,59-,60-,61-,62-,63-,64-,65-,67-,68+,69+,70+,71-,72-,73-,74+,75-,76+,77-,78+,79+,80-,81-,82+,83+,84-,85+/m1/s1. The summed E-state index contributed by atoms with van der Waals surface area (Å²) in [6.45, 7) is 1.73. The number of hydrogen-bond donors (Lipinski definition) is 15. The Balaban J connectivity index is 0.872. The molecular formula is C85H154O31. The molecule has 15 N–H and O–H groups in total. The van der Waals surface area contributed by atoms with E-state index < -0.39 is 191 Å². The van der Waals surface area contributed by atoms with Gasteiger partial charge in [-0.3, -0.25) is 9.59 Å². The second-order valence-electron chi connectivity index (χ2n) is 34.0. The molecule has 1 saturated carbocycles. The fraction of sp³-hybridized carbons (Fsp3) is 0.965. The highest BCUT2D eigenvalue weighted by Crippen LogP contribution is 2.36. The van der Waals surface area contributed by atoms with Crippen LogP contribution in [0.2, 0.25) is 0 Å². The maximum absolute atomic E-state index is 13.8. The monoisotopic (exact) mass is 1670 g/mol. The van der Waals surface area contributed by atoms with Crippen molar-refractivity contribution in [2.45, 2.75) is 468 Å². The quantitative estimate of drug-likeness (QED) is 0.0257. The fourth-order valence-corrected chi connectivity index (χ4v) is 17.3. The minimum atomic E-state index is -1.73. The van der Waals surface area contributed by atoms with Crippen molar-refractivity contribution in [3.63, 3.8) is 0 Å². The summed E-state index contributed by atoms with van der Waals surface area (Å²) in [4.78, 5) is 39.0. The number of hydrogen-bond acceptors (Lipinski definition) is 31. The van der Waals surface area contributed by atoms with E-state index in [0.717, 1.165) is 205 Å². The molecule has 30 atom stereocenters. The average Bonchev–Trinajstić information content (AvgIpc) is 0.834. The summed E-state index contributed by atoms with van der Waals surface area (Å²) in [7, 11) is 4.31. The van der Waals surface area contributed by atoms with Gasteiger partial charge >= 0.3 is 5.97 Å². The normalized spacial score (nSPS) is 35.4. The number of aliphatic hydroxyl groups excluding tert-OH is 15. The summed E-state index contributed by atoms with van der Waals surface area (Å²) in [5, 5.41) is 160. The molecule has 0 aromatic rings. The van der Waals surface area contributed by atoms with Crippen LogP contribution in [0, 0.1) is 5.92 Å². The molecule has 0 amide bonds. The molecule has 5 heterocycles. The van der Waals surface area contributed by atoms with Crippen molar-refractivity contribution in [2.75, 3.05) is 47.8 Å². The number of rotatable bonds is 54. The summed E-state index contributed by atoms with van der Waals surface area (Å²) in [6, 6.07) is 0. The Morgan fingerprint density at radius 1 is 0.397 bits per heavy atom. The minimum Gasteiger partial charge on any atom is -0.463 e. The van der Waals surface area contributed by atoms with Crippen LogP contribution in [0.3, 0.4) is 0 Å². The van der Waals surface area contributed by atoms with Crippen LogP contribution < -0.4 is 0 Å². The van der Waals surface area contributed by atoms with E-state index in [1.165, 1.54) is 21.3 Å². The lowest BCUT2D eigenvalue weighted by molar-refractivity contribution is -0.316. The smallest absolute Gasteiger partial charge is 0.308 e. The predicted molar refractivity (Wildman–Crippen MR) is 423 cm³/mol. The summed E-state index contributed by atoms with van der Waals surface area (Å²) >= 11 is 0. The molecule has 5 saturated heterocycles. The van der Waals surface area contributed by atoms with Gasteiger partial charge in [0.15, 0.2) is 25.2 Å². The van der Waals surface area contributed by atoms with Gasteiger partial charge in [-0.05, 0) is 78.1 Å². The third-order valence-corrected chi connectivity index (χ3v) is 24.6. The SMILES string of the molecule is CO[C@@H]1[C@@H](O)[C@H](O)[C@H](CO)C[C@H]1O[C@@H](CCCCCCCCCCCCCCC[C@@H]1CC(=O)CC[C@H]2O[C@H](O[C@H](CCCCCCCCCCCCC[C@@H](CCCCCC(C)=O)O[C@H]3O[C@H](CO)[C@H](O)[C@H](O)[C@H]3OC)CC(=O)OC[C@H]3O[C@H](O1)[C@@H](O)[C@H](O)[C@@H]3O)[C@H](O)[C@H](O)[C@H]2O)CCCCC[C@@H](C)O[C@@H]1O[C@H](CO)[C@H](O)[C@@H](O)[C@H]1OC. The average molecular weight is 1670 g/mol. The van der Waals surface area contributed by atoms with Gasteiger partial charge < -0.3 is 143 Å². The van der Waals surface area contributed by atoms with E-state index in [-0.39, 0.29) is 62.2 Å². The van der Waals surface area contributed by atoms with Gasteiger partial charge in [-0.15, -0.1) is 0 Å². The first-order chi connectivity index (χ1) is 55.9. The topological polar surface area (TPSA) is 475 Å². The van der Waals surface area contributed by atoms with E-state index >= 15 is 0 Å². The van der Waals surface area contributed by atoms with Gasteiger partial charge in [0.25, 0.3) is 0 Å². The molecule has 0 unspecified atom stereocenters. The Bertz CT molecular complexity index is 2570. The molecule has 116 heavy (non-hydrogen) atoms. The highest BCUT2D eigenvalue weighted by molar-refractivity contribution is 5.79. The van der Waals surface area contributed by atoms with E-state index in [9.17, 15) is 91.0 Å². The molecule has 0 spiro atoms. The lowest BCUT2D eigenvalue weighted by Crippen LogP contribution is -2.60. The number of ether oxygens (including phenoxy) is 13. The summed E-state index contributed by atoms with van der Waals surface area (Å²) in [5.41, 5.74) is 0. The molecule has 6 aliphatic rings. The number of aliphatic hydroxyl groups is 15. The van der Waals surface area contributed by atoms with Crippen molar-refractivity contribution < 1.29 is 153 Å². The first kappa shape index (κ1) is 103. The Morgan fingerprint density at radius 3 is 1.23 bits per heavy atom. The molecule has 31 nitrogen and oxygen atoms in total. The molecule has 0 radical (unpaired) electrons. The third-order valence-electron chi connectivity index (χ3n) is 24.6. The van der Waals surface area contributed by atoms with Crippen LogP contribution in [0.1, 0.15) is 290 Å². The number of fused-ring (bicyclic) bond motifs is 4. The first-order valence-corrected chi connectivity index (χ1v) is 44.5. The molecule has 0 aromatic carbocycles. The Morgan fingerprint density at radius 2 is 0.784 bits per heavy atom. The van der Waals surface area contributed by atoms with E-state index in [1.54, 1.807) is 6.92 Å². The van der Waals surface area contributed by atoms with Crippen molar-refractivity contribution >= 4 is 17.5 Å². The van der Waals surface area contributed by atoms with Crippen LogP contribution >= 0.6 is 0 Å². The van der Waals surface area contributed by atoms with Gasteiger partial charge in [-0.25, -0.2) is 0 Å². The predicted octanol–water partition coefficient (Wildman–Crippen LogP) is 5.67. The van der Waals surface area contributed by atoms with Crippen LogP contribution in [0.25, 0.3) is 0 Å². The van der Waals surface area contributed by atoms with Crippen molar-refractivity contribution in [1.82, 2.24) is 0 Å². The zero-order valence-corrected chi connectivity index (χ0v) is 70.3. The van der Waals surface area contributed by atoms with Gasteiger partial charge in [-0.2, -0.15) is 0 Å². The fourth-order valence-electron chi connectivity index (χ4n) is 17.3. The van der Waals surface area contributed by atoms with Crippen LogP contribution in [0.5, 0.6) is 0 Å². The van der Waals surface area contributed by atoms with Crippen LogP contribution in [0.15, 0.2) is 0 Å². The second kappa shape index (κ2) is 57.3. The molecule has 1 aliphatic carbocycles. The number of carbonyl (C=O) groups is 3. The number of methoxy groups -OCH3 is 3. The largest absolute Gasteiger partial charge is 0.463 e. The van der Waals surface area contributed by atoms with Gasteiger partial charge in [-0.1, -0.05) is 186 Å². The molecule has 4 bridgehead atoms. The maximum atomic E-state index is 13.8. The number of esters is 1. The van der Waals surface area contributed by atoms with Crippen molar-refractivity contribution in [3.8, 4) is 0 Å². The molecule has 680 valence electrons. The van der Waals surface area contributed by atoms with Gasteiger partial charge in [0, 0.05) is 53.1 Å². The number of unbranched alkanes of at least 4 members (excludes halogenated alkanes) is 26. The van der Waals surface area contributed by atoms with Gasteiger partial charge in [0.05, 0.1) is 68.5 Å². The summed E-state index contributed by atoms with van der Waals surface area (Å²) in [5.74, 6) is -1.39. The number of Topliss-reactive ketones (excluding diaryl/α,β-unsaturated/α-hetero) is 2. The van der Waals surface area contributed by atoms with E-state index in [0.29, 0.717) is 44.9 Å². The first-order valence-electron chi connectivity index (χ1n) is 44.5. The zero-order chi connectivity index (χ0) is 84.5. The molecule has 5 aliphatic heterocycles. The molecule has 6 fully saturated rings. The van der Waals surface area contributed by atoms with Crippen molar-refractivity contribution in [3.05, 3.63) is 0 Å². The van der Waals surface area contributed by atoms with E-state index in [4.69, 9.17) is 61.6 Å². The Labute approximate surface area is 688 Å². The minimum absolute atomic E-state index is 0.0442. The van der Waals surface area contributed by atoms with E-state index in [1.807, 2.05) is 6.92 Å². The molecule has 0 aromatic heterocycles. The zero-order valence-electron chi connectivity index (χ0n) is 70.3. The maximum Gasteiger partial charge on any atom is 0.308 e. The van der Waals surface area contributed by atoms with Gasteiger partial charge in [0.1, 0.15) is 122 Å². The number of cyclic esters (lactones) is 1. The molecular weight excluding hydrogens is 1520 g/mol. The highest BCUT2D eigenvalue weighted by Gasteiger charge is 2.51. The number of carbonyl (C=O) groups excluding carboxylic acids is 3. The van der Waals surface area contributed by atoms with Crippen molar-refractivity contribution in [1.29, 1.82) is 0 Å². The van der Waals surface area contributed by atoms with Crippen LogP contribution in [-0.2, 0) is 76.0 Å². The van der Waals surface area contributed by atoms with E-state index in [2.05, 4.69) is 0 Å². The summed E-state index contributed by atoms with van der Waals surface area (Å²) < 4.78 is 77.4. The lowest BCUT2D eigenvalue weighted by Gasteiger charge is -2.42. The van der Waals surface area contributed by atoms with Gasteiger partial charge in [0.2, 0.25) is 0 Å². The Hall–Kier alpha value is -2.27. The second-order valence-corrected chi connectivity index (χ2v) is 34.0. The number of ketones is 2. The lowest BCUT2D eigenvalue weighted by atomic mass is 9.81. The molecule has 31 heteroatoms.